The minimum Gasteiger partial charge on any atom is -0.393 e. The Bertz CT molecular complexity index is 926. The first kappa shape index (κ1) is 19.3. The summed E-state index contributed by atoms with van der Waals surface area (Å²) in [5, 5.41) is -0.184. The summed E-state index contributed by atoms with van der Waals surface area (Å²) in [6.45, 7) is 2.06. The van der Waals surface area contributed by atoms with Gasteiger partial charge in [-0.1, -0.05) is 53.6 Å². The van der Waals surface area contributed by atoms with Crippen LogP contribution in [-0.2, 0) is 14.6 Å². The molecule has 26 heavy (non-hydrogen) atoms. The van der Waals surface area contributed by atoms with Gasteiger partial charge in [0, 0.05) is 18.1 Å². The monoisotopic (exact) mass is 409 g/mol. The lowest BCUT2D eigenvalue weighted by molar-refractivity contribution is 0.166. The number of benzene rings is 2. The van der Waals surface area contributed by atoms with Crippen molar-refractivity contribution in [2.45, 2.75) is 23.0 Å². The van der Waals surface area contributed by atoms with E-state index in [1.54, 1.807) is 36.4 Å². The number of thiocarbonyl (C=S) groups is 1. The number of hydrogen-bond donors (Lipinski definition) is 1. The second-order valence-corrected chi connectivity index (χ2v) is 9.59. The smallest absolute Gasteiger partial charge is 0.182 e. The van der Waals surface area contributed by atoms with Crippen molar-refractivity contribution in [1.82, 2.24) is 0 Å². The van der Waals surface area contributed by atoms with E-state index in [9.17, 15) is 8.42 Å². The van der Waals surface area contributed by atoms with Crippen LogP contribution in [0, 0.1) is 12.3 Å². The van der Waals surface area contributed by atoms with Crippen molar-refractivity contribution in [3.8, 4) is 0 Å². The molecule has 0 aliphatic heterocycles. The topological polar surface area (TPSA) is 69.4 Å². The lowest BCUT2D eigenvalue weighted by atomic mass is 10.00. The van der Waals surface area contributed by atoms with Gasteiger partial charge in [0.05, 0.1) is 27.2 Å². The molecular formula is C19H20ClNO3S2. The molecule has 0 amide bonds. The number of nitrogens with two attached hydrogens (primary N) is 1. The second-order valence-electron chi connectivity index (χ2n) is 6.65. The number of halogens is 1. The Balaban J connectivity index is 2.11. The van der Waals surface area contributed by atoms with Crippen LogP contribution < -0.4 is 5.73 Å². The van der Waals surface area contributed by atoms with Gasteiger partial charge in [0.15, 0.2) is 9.84 Å². The molecule has 4 nitrogen and oxygen atoms in total. The molecule has 1 aliphatic rings. The van der Waals surface area contributed by atoms with Crippen molar-refractivity contribution < 1.29 is 13.2 Å². The van der Waals surface area contributed by atoms with Crippen LogP contribution in [0.3, 0.4) is 0 Å². The second kappa shape index (κ2) is 6.93. The largest absolute Gasteiger partial charge is 0.393 e. The highest BCUT2D eigenvalue weighted by molar-refractivity contribution is 7.92. The van der Waals surface area contributed by atoms with Crippen LogP contribution in [0.15, 0.2) is 53.4 Å². The van der Waals surface area contributed by atoms with E-state index in [4.69, 9.17) is 34.3 Å². The number of methoxy groups -OCH3 is 1. The van der Waals surface area contributed by atoms with E-state index in [1.807, 2.05) is 19.1 Å². The van der Waals surface area contributed by atoms with Gasteiger partial charge in [-0.3, -0.25) is 0 Å². The molecule has 0 radical (unpaired) electrons. The quantitative estimate of drug-likeness (QED) is 0.739. The average Bonchev–Trinajstić information content (AvgIpc) is 3.27. The first-order valence-electron chi connectivity index (χ1n) is 8.10. The summed E-state index contributed by atoms with van der Waals surface area (Å²) >= 11 is 11.3. The van der Waals surface area contributed by atoms with Crippen molar-refractivity contribution in [3.63, 3.8) is 0 Å². The zero-order chi connectivity index (χ0) is 19.1. The van der Waals surface area contributed by atoms with Gasteiger partial charge in [-0.15, -0.1) is 0 Å². The molecule has 0 unspecified atom stereocenters. The predicted octanol–water partition coefficient (Wildman–Crippen LogP) is 3.51. The molecule has 1 saturated carbocycles. The van der Waals surface area contributed by atoms with Gasteiger partial charge in [0.1, 0.15) is 0 Å². The Morgan fingerprint density at radius 1 is 1.19 bits per heavy atom. The fourth-order valence-electron chi connectivity index (χ4n) is 3.65. The van der Waals surface area contributed by atoms with Gasteiger partial charge in [-0.2, -0.15) is 0 Å². The number of sulfone groups is 1. The highest BCUT2D eigenvalue weighted by Gasteiger charge is 2.73. The van der Waals surface area contributed by atoms with Crippen LogP contribution in [0.4, 0.5) is 0 Å². The molecule has 3 rings (SSSR count). The molecule has 1 fully saturated rings. The van der Waals surface area contributed by atoms with E-state index in [0.717, 1.165) is 11.1 Å². The molecule has 0 aromatic heterocycles. The molecule has 0 spiro atoms. The molecule has 3 atom stereocenters. The van der Waals surface area contributed by atoms with Crippen molar-refractivity contribution in [3.05, 3.63) is 64.7 Å². The number of ether oxygens (including phenoxy) is 1. The van der Waals surface area contributed by atoms with Crippen LogP contribution in [0.5, 0.6) is 0 Å². The van der Waals surface area contributed by atoms with Gasteiger partial charge in [-0.05, 0) is 36.8 Å². The third-order valence-corrected chi connectivity index (χ3v) is 7.93. The molecule has 0 heterocycles. The summed E-state index contributed by atoms with van der Waals surface area (Å²) in [5.74, 6) is -0.372. The fourth-order valence-corrected chi connectivity index (χ4v) is 6.55. The summed E-state index contributed by atoms with van der Waals surface area (Å²) in [5.41, 5.74) is 6.92. The Labute approximate surface area is 164 Å². The van der Waals surface area contributed by atoms with E-state index >= 15 is 0 Å². The van der Waals surface area contributed by atoms with E-state index in [-0.39, 0.29) is 22.4 Å². The zero-order valence-electron chi connectivity index (χ0n) is 14.5. The van der Waals surface area contributed by atoms with Crippen molar-refractivity contribution >= 4 is 38.6 Å². The van der Waals surface area contributed by atoms with Crippen LogP contribution in [0.1, 0.15) is 17.0 Å². The van der Waals surface area contributed by atoms with Crippen molar-refractivity contribution in [1.29, 1.82) is 0 Å². The normalized spacial score (nSPS) is 25.0. The Hall–Kier alpha value is -1.47. The summed E-state index contributed by atoms with van der Waals surface area (Å²) in [6.07, 6.45) is 0. The third kappa shape index (κ3) is 3.05. The maximum Gasteiger partial charge on any atom is 0.182 e. The number of rotatable bonds is 6. The fraction of sp³-hybridized carbons (Fsp3) is 0.316. The number of aryl methyl sites for hydroxylation is 1. The Morgan fingerprint density at radius 2 is 1.77 bits per heavy atom. The van der Waals surface area contributed by atoms with E-state index in [2.05, 4.69) is 0 Å². The summed E-state index contributed by atoms with van der Waals surface area (Å²) in [6, 6.07) is 13.9. The molecule has 2 aromatic rings. The zero-order valence-corrected chi connectivity index (χ0v) is 16.9. The molecule has 7 heteroatoms. The van der Waals surface area contributed by atoms with E-state index in [0.29, 0.717) is 5.02 Å². The lowest BCUT2D eigenvalue weighted by Gasteiger charge is -2.16. The van der Waals surface area contributed by atoms with Crippen LogP contribution in [0.25, 0.3) is 0 Å². The van der Waals surface area contributed by atoms with Crippen LogP contribution in [0.2, 0.25) is 5.02 Å². The first-order chi connectivity index (χ1) is 12.2. The minimum atomic E-state index is -3.65. The standard InChI is InChI=1S/C19H20ClNO3S2/c1-12-3-9-15(10-4-12)26(22,23)17-16(13-5-7-14(20)8-6-13)19(17,11-24-2)18(21)25/h3-10,16-17H,11H2,1-2H3,(H2,21,25)/t16-,17-,19+/m1/s1. The number of hydrogen-bond acceptors (Lipinski definition) is 4. The first-order valence-corrected chi connectivity index (χ1v) is 10.4. The maximum atomic E-state index is 13.4. The van der Waals surface area contributed by atoms with Gasteiger partial charge in [0.25, 0.3) is 0 Å². The van der Waals surface area contributed by atoms with Gasteiger partial charge in [-0.25, -0.2) is 8.42 Å². The average molecular weight is 410 g/mol. The molecule has 0 bridgehead atoms. The highest BCUT2D eigenvalue weighted by atomic mass is 35.5. The SMILES string of the molecule is COC[C@]1(C(N)=S)[C@H](c2ccc(Cl)cc2)[C@H]1S(=O)(=O)c1ccc(C)cc1. The molecular weight excluding hydrogens is 390 g/mol. The minimum absolute atomic E-state index is 0.144. The van der Waals surface area contributed by atoms with E-state index < -0.39 is 20.5 Å². The molecule has 2 aromatic carbocycles. The molecule has 0 saturated heterocycles. The molecule has 138 valence electrons. The lowest BCUT2D eigenvalue weighted by Crippen LogP contribution is -2.33. The molecule has 2 N–H and O–H groups in total. The maximum absolute atomic E-state index is 13.4. The molecule has 1 aliphatic carbocycles. The van der Waals surface area contributed by atoms with Gasteiger partial charge >= 0.3 is 0 Å². The van der Waals surface area contributed by atoms with Crippen molar-refractivity contribution in [2.24, 2.45) is 11.1 Å². The summed E-state index contributed by atoms with van der Waals surface area (Å²) < 4.78 is 32.0. The van der Waals surface area contributed by atoms with Gasteiger partial charge in [0.2, 0.25) is 0 Å². The van der Waals surface area contributed by atoms with Gasteiger partial charge < -0.3 is 10.5 Å². The van der Waals surface area contributed by atoms with E-state index in [1.165, 1.54) is 7.11 Å². The van der Waals surface area contributed by atoms with Crippen LogP contribution >= 0.6 is 23.8 Å². The Morgan fingerprint density at radius 3 is 2.27 bits per heavy atom. The third-order valence-electron chi connectivity index (χ3n) is 5.01. The van der Waals surface area contributed by atoms with Crippen molar-refractivity contribution in [2.75, 3.05) is 13.7 Å². The predicted molar refractivity (Wildman–Crippen MR) is 107 cm³/mol. The Kier molecular flexibility index (Phi) is 5.14. The highest BCUT2D eigenvalue weighted by Crippen LogP contribution is 2.64. The van der Waals surface area contributed by atoms with Crippen LogP contribution in [-0.4, -0.2) is 32.4 Å². The summed E-state index contributed by atoms with van der Waals surface area (Å²) in [7, 11) is -2.12. The summed E-state index contributed by atoms with van der Waals surface area (Å²) in [4.78, 5) is 0.418.